The number of anilines is 2. The van der Waals surface area contributed by atoms with Gasteiger partial charge in [0.25, 0.3) is 5.91 Å². The van der Waals surface area contributed by atoms with Gasteiger partial charge in [0.2, 0.25) is 0 Å². The van der Waals surface area contributed by atoms with Crippen molar-refractivity contribution >= 4 is 34.8 Å². The maximum Gasteiger partial charge on any atom is 0.410 e. The predicted molar refractivity (Wildman–Crippen MR) is 135 cm³/mol. The van der Waals surface area contributed by atoms with Gasteiger partial charge in [-0.25, -0.2) is 4.79 Å². The fourth-order valence-electron chi connectivity index (χ4n) is 4.00. The smallest absolute Gasteiger partial charge is 0.410 e. The summed E-state index contributed by atoms with van der Waals surface area (Å²) in [5, 5.41) is 11.1. The summed E-state index contributed by atoms with van der Waals surface area (Å²) < 4.78 is 5.49. The monoisotopic (exact) mass is 461 g/mol. The number of hydrogen-bond donors (Lipinski definition) is 1. The Bertz CT molecular complexity index is 1100. The highest BCUT2D eigenvalue weighted by molar-refractivity contribution is 6.47. The molecule has 2 heterocycles. The predicted octanol–water partition coefficient (Wildman–Crippen LogP) is 4.32. The first-order valence-corrected chi connectivity index (χ1v) is 11.5. The average Bonchev–Trinajstić information content (AvgIpc) is 3.49. The number of amides is 2. The Morgan fingerprint density at radius 3 is 2.44 bits per heavy atom. The maximum absolute atomic E-state index is 12.6. The molecule has 2 amide bonds. The SMILES string of the molecule is CN(C(=O)OC(C)(C)C)C1CCN(c2ccc(NC(=O)C3=NN=C(c4ccccc4)C3)cc2)C1. The van der Waals surface area contributed by atoms with Crippen molar-refractivity contribution in [1.29, 1.82) is 0 Å². The number of nitrogens with zero attached hydrogens (tertiary/aromatic N) is 4. The lowest BCUT2D eigenvalue weighted by molar-refractivity contribution is -0.110. The van der Waals surface area contributed by atoms with E-state index in [1.165, 1.54) is 0 Å². The minimum absolute atomic E-state index is 0.0911. The van der Waals surface area contributed by atoms with Gasteiger partial charge < -0.3 is 19.9 Å². The van der Waals surface area contributed by atoms with Crippen LogP contribution in [0.1, 0.15) is 39.2 Å². The summed E-state index contributed by atoms with van der Waals surface area (Å²) in [5.74, 6) is -0.248. The molecule has 2 aliphatic heterocycles. The van der Waals surface area contributed by atoms with Crippen molar-refractivity contribution in [3.63, 3.8) is 0 Å². The fraction of sp³-hybridized carbons (Fsp3) is 0.385. The third-order valence-electron chi connectivity index (χ3n) is 5.88. The molecule has 8 heteroatoms. The summed E-state index contributed by atoms with van der Waals surface area (Å²) >= 11 is 0. The summed E-state index contributed by atoms with van der Waals surface area (Å²) in [6.45, 7) is 7.19. The van der Waals surface area contributed by atoms with Crippen LogP contribution in [0.3, 0.4) is 0 Å². The molecule has 1 N–H and O–H groups in total. The highest BCUT2D eigenvalue weighted by Gasteiger charge is 2.31. The number of rotatable bonds is 5. The molecule has 4 rings (SSSR count). The van der Waals surface area contributed by atoms with Crippen LogP contribution >= 0.6 is 0 Å². The van der Waals surface area contributed by atoms with Crippen molar-refractivity contribution in [2.75, 3.05) is 30.4 Å². The molecule has 0 radical (unpaired) electrons. The van der Waals surface area contributed by atoms with Gasteiger partial charge in [-0.1, -0.05) is 30.3 Å². The first-order chi connectivity index (χ1) is 16.2. The number of hydrogen-bond acceptors (Lipinski definition) is 6. The lowest BCUT2D eigenvalue weighted by Crippen LogP contribution is -2.42. The first-order valence-electron chi connectivity index (χ1n) is 11.5. The van der Waals surface area contributed by atoms with E-state index in [2.05, 4.69) is 20.4 Å². The Labute approximate surface area is 200 Å². The third kappa shape index (κ3) is 5.62. The van der Waals surface area contributed by atoms with Crippen LogP contribution in [0.5, 0.6) is 0 Å². The Hall–Kier alpha value is -3.68. The van der Waals surface area contributed by atoms with Gasteiger partial charge >= 0.3 is 6.09 Å². The molecule has 8 nitrogen and oxygen atoms in total. The summed E-state index contributed by atoms with van der Waals surface area (Å²) in [6, 6.07) is 17.6. The average molecular weight is 462 g/mol. The van der Waals surface area contributed by atoms with Gasteiger partial charge in [0.15, 0.2) is 0 Å². The van der Waals surface area contributed by atoms with E-state index in [0.717, 1.165) is 36.5 Å². The summed E-state index contributed by atoms with van der Waals surface area (Å²) in [4.78, 5) is 28.9. The molecule has 0 aliphatic carbocycles. The third-order valence-corrected chi connectivity index (χ3v) is 5.88. The molecule has 0 aromatic heterocycles. The van der Waals surface area contributed by atoms with Gasteiger partial charge in [0.05, 0.1) is 11.8 Å². The van der Waals surface area contributed by atoms with E-state index in [0.29, 0.717) is 17.8 Å². The first kappa shape index (κ1) is 23.5. The molecule has 0 saturated carbocycles. The van der Waals surface area contributed by atoms with Gasteiger partial charge in [0.1, 0.15) is 11.3 Å². The molecule has 34 heavy (non-hydrogen) atoms. The molecule has 1 atom stereocenters. The van der Waals surface area contributed by atoms with E-state index in [1.807, 2.05) is 75.4 Å². The van der Waals surface area contributed by atoms with Crippen molar-refractivity contribution in [2.45, 2.75) is 45.3 Å². The zero-order valence-electron chi connectivity index (χ0n) is 20.1. The van der Waals surface area contributed by atoms with E-state index in [9.17, 15) is 9.59 Å². The Morgan fingerprint density at radius 2 is 1.76 bits per heavy atom. The van der Waals surface area contributed by atoms with Gasteiger partial charge in [-0.3, -0.25) is 4.79 Å². The quantitative estimate of drug-likeness (QED) is 0.719. The zero-order chi connectivity index (χ0) is 24.3. The number of likely N-dealkylation sites (N-methyl/N-ethyl adjacent to an activating group) is 1. The van der Waals surface area contributed by atoms with E-state index in [1.54, 1.807) is 11.9 Å². The number of nitrogens with one attached hydrogen (secondary N) is 1. The Kier molecular flexibility index (Phi) is 6.68. The van der Waals surface area contributed by atoms with Crippen LogP contribution in [0.2, 0.25) is 0 Å². The van der Waals surface area contributed by atoms with Gasteiger partial charge in [0, 0.05) is 37.9 Å². The molecule has 1 saturated heterocycles. The van der Waals surface area contributed by atoms with Crippen molar-refractivity contribution in [3.8, 4) is 0 Å². The number of benzene rings is 2. The Morgan fingerprint density at radius 1 is 1.06 bits per heavy atom. The van der Waals surface area contributed by atoms with Crippen LogP contribution in [-0.2, 0) is 9.53 Å². The molecule has 2 aromatic rings. The molecular formula is C26H31N5O3. The number of carbonyl (C=O) groups excluding carboxylic acids is 2. The summed E-state index contributed by atoms with van der Waals surface area (Å²) in [6.07, 6.45) is 0.984. The lowest BCUT2D eigenvalue weighted by Gasteiger charge is -2.28. The van der Waals surface area contributed by atoms with E-state index in [-0.39, 0.29) is 18.0 Å². The van der Waals surface area contributed by atoms with Crippen molar-refractivity contribution < 1.29 is 14.3 Å². The lowest BCUT2D eigenvalue weighted by atomic mass is 10.1. The van der Waals surface area contributed by atoms with Crippen molar-refractivity contribution in [1.82, 2.24) is 4.90 Å². The molecule has 0 bridgehead atoms. The number of ether oxygens (including phenoxy) is 1. The van der Waals surface area contributed by atoms with E-state index in [4.69, 9.17) is 4.74 Å². The summed E-state index contributed by atoms with van der Waals surface area (Å²) in [5.41, 5.74) is 3.40. The molecule has 178 valence electrons. The summed E-state index contributed by atoms with van der Waals surface area (Å²) in [7, 11) is 1.79. The maximum atomic E-state index is 12.6. The van der Waals surface area contributed by atoms with Gasteiger partial charge in [-0.15, -0.1) is 5.10 Å². The second kappa shape index (κ2) is 9.67. The second-order valence-corrected chi connectivity index (χ2v) is 9.62. The zero-order valence-corrected chi connectivity index (χ0v) is 20.1. The van der Waals surface area contributed by atoms with Gasteiger partial charge in [-0.2, -0.15) is 5.10 Å². The van der Waals surface area contributed by atoms with Crippen LogP contribution < -0.4 is 10.2 Å². The van der Waals surface area contributed by atoms with Crippen LogP contribution in [0, 0.1) is 0 Å². The highest BCUT2D eigenvalue weighted by Crippen LogP contribution is 2.25. The van der Waals surface area contributed by atoms with Crippen LogP contribution in [0.4, 0.5) is 16.2 Å². The molecule has 0 spiro atoms. The molecular weight excluding hydrogens is 430 g/mol. The molecule has 2 aromatic carbocycles. The van der Waals surface area contributed by atoms with Crippen molar-refractivity contribution in [2.24, 2.45) is 10.2 Å². The standard InChI is InChI=1S/C26H31N5O3/c1-26(2,3)34-25(33)30(4)21-14-15-31(17-21)20-12-10-19(11-13-20)27-24(32)23-16-22(28-29-23)18-8-6-5-7-9-18/h5-13,21H,14-17H2,1-4H3,(H,27,32). The highest BCUT2D eigenvalue weighted by atomic mass is 16.6. The number of carbonyl (C=O) groups is 2. The van der Waals surface area contributed by atoms with Gasteiger partial charge in [-0.05, 0) is 57.0 Å². The molecule has 1 fully saturated rings. The van der Waals surface area contributed by atoms with Crippen LogP contribution in [0.15, 0.2) is 64.8 Å². The minimum Gasteiger partial charge on any atom is -0.444 e. The normalized spacial score (nSPS) is 17.8. The minimum atomic E-state index is -0.511. The van der Waals surface area contributed by atoms with E-state index >= 15 is 0 Å². The second-order valence-electron chi connectivity index (χ2n) is 9.62. The van der Waals surface area contributed by atoms with Crippen LogP contribution in [0.25, 0.3) is 0 Å². The topological polar surface area (TPSA) is 86.6 Å². The molecule has 1 unspecified atom stereocenters. The molecule has 2 aliphatic rings. The Balaban J connectivity index is 1.29. The van der Waals surface area contributed by atoms with Crippen molar-refractivity contribution in [3.05, 3.63) is 60.2 Å². The van der Waals surface area contributed by atoms with Crippen LogP contribution in [-0.4, -0.2) is 60.1 Å². The largest absolute Gasteiger partial charge is 0.444 e. The van der Waals surface area contributed by atoms with E-state index < -0.39 is 5.60 Å². The fourth-order valence-corrected chi connectivity index (χ4v) is 4.00.